The first-order valence-electron chi connectivity index (χ1n) is 10.5. The Morgan fingerprint density at radius 3 is 2.38 bits per heavy atom. The number of amides is 1. The van der Waals surface area contributed by atoms with E-state index in [0.29, 0.717) is 13.1 Å². The van der Waals surface area contributed by atoms with Crippen LogP contribution in [0.15, 0.2) is 24.3 Å². The van der Waals surface area contributed by atoms with Crippen LogP contribution in [-0.2, 0) is 4.79 Å². The molecule has 3 rings (SSSR count). The van der Waals surface area contributed by atoms with Crippen molar-refractivity contribution in [3.05, 3.63) is 24.3 Å². The molecule has 1 aromatic rings. The summed E-state index contributed by atoms with van der Waals surface area (Å²) in [5, 5.41) is 11.3. The second-order valence-corrected chi connectivity index (χ2v) is 8.84. The lowest BCUT2D eigenvalue weighted by Crippen LogP contribution is -2.52. The molecule has 7 nitrogen and oxygen atoms in total. The van der Waals surface area contributed by atoms with Crippen LogP contribution >= 0.6 is 0 Å². The van der Waals surface area contributed by atoms with Crippen LogP contribution in [-0.4, -0.2) is 105 Å². The van der Waals surface area contributed by atoms with Crippen molar-refractivity contribution in [3.63, 3.8) is 0 Å². The summed E-state index contributed by atoms with van der Waals surface area (Å²) < 4.78 is 5.24. The number of rotatable bonds is 5. The van der Waals surface area contributed by atoms with Gasteiger partial charge in [0, 0.05) is 65.6 Å². The minimum Gasteiger partial charge on any atom is -0.497 e. The van der Waals surface area contributed by atoms with Gasteiger partial charge in [-0.3, -0.25) is 9.69 Å². The Kier molecular flexibility index (Phi) is 7.03. The Labute approximate surface area is 174 Å². The summed E-state index contributed by atoms with van der Waals surface area (Å²) in [6, 6.07) is 8.11. The van der Waals surface area contributed by atoms with Crippen molar-refractivity contribution in [1.82, 2.24) is 14.7 Å². The van der Waals surface area contributed by atoms with E-state index in [-0.39, 0.29) is 11.8 Å². The minimum atomic E-state index is -0.697. The van der Waals surface area contributed by atoms with Gasteiger partial charge in [-0.2, -0.15) is 0 Å². The molecule has 2 aliphatic rings. The number of likely N-dealkylation sites (N-methyl/N-ethyl adjacent to an activating group) is 1. The molecular formula is C22H36N4O3. The zero-order chi connectivity index (χ0) is 21.0. The van der Waals surface area contributed by atoms with E-state index in [2.05, 4.69) is 33.9 Å². The molecule has 29 heavy (non-hydrogen) atoms. The number of carbonyl (C=O) groups is 1. The largest absolute Gasteiger partial charge is 0.497 e. The van der Waals surface area contributed by atoms with E-state index in [1.54, 1.807) is 12.0 Å². The van der Waals surface area contributed by atoms with Crippen LogP contribution < -0.4 is 9.64 Å². The van der Waals surface area contributed by atoms with Crippen LogP contribution in [0, 0.1) is 5.92 Å². The van der Waals surface area contributed by atoms with Crippen LogP contribution in [0.1, 0.15) is 12.8 Å². The molecule has 0 radical (unpaired) electrons. The van der Waals surface area contributed by atoms with Crippen molar-refractivity contribution in [2.75, 3.05) is 79.0 Å². The molecule has 7 heteroatoms. The summed E-state index contributed by atoms with van der Waals surface area (Å²) in [7, 11) is 7.38. The third kappa shape index (κ3) is 5.62. The molecule has 0 aromatic heterocycles. The summed E-state index contributed by atoms with van der Waals surface area (Å²) in [6.45, 7) is 5.59. The van der Waals surface area contributed by atoms with Gasteiger partial charge >= 0.3 is 0 Å². The molecule has 1 N–H and O–H groups in total. The smallest absolute Gasteiger partial charge is 0.227 e. The highest BCUT2D eigenvalue weighted by molar-refractivity contribution is 5.78. The van der Waals surface area contributed by atoms with Gasteiger partial charge in [-0.25, -0.2) is 0 Å². The fourth-order valence-electron chi connectivity index (χ4n) is 4.45. The van der Waals surface area contributed by atoms with Gasteiger partial charge in [0.05, 0.1) is 18.6 Å². The summed E-state index contributed by atoms with van der Waals surface area (Å²) in [5.74, 6) is 0.987. The molecule has 0 bridgehead atoms. The predicted octanol–water partition coefficient (Wildman–Crippen LogP) is 0.978. The Morgan fingerprint density at radius 2 is 1.79 bits per heavy atom. The number of ether oxygens (including phenoxy) is 1. The molecule has 0 spiro atoms. The highest BCUT2D eigenvalue weighted by atomic mass is 16.5. The number of aliphatic hydroxyl groups is 1. The molecule has 2 fully saturated rings. The number of methoxy groups -OCH3 is 1. The Hall–Kier alpha value is -1.83. The third-order valence-corrected chi connectivity index (χ3v) is 6.25. The Balaban J connectivity index is 1.58. The molecule has 0 unspecified atom stereocenters. The van der Waals surface area contributed by atoms with Gasteiger partial charge in [-0.05, 0) is 44.2 Å². The third-order valence-electron chi connectivity index (χ3n) is 6.25. The van der Waals surface area contributed by atoms with Crippen molar-refractivity contribution < 1.29 is 14.6 Å². The zero-order valence-electron chi connectivity index (χ0n) is 18.3. The number of hydrogen-bond acceptors (Lipinski definition) is 6. The van der Waals surface area contributed by atoms with Gasteiger partial charge < -0.3 is 24.5 Å². The second kappa shape index (κ2) is 9.32. The number of carbonyl (C=O) groups excluding carboxylic acids is 1. The van der Waals surface area contributed by atoms with Crippen molar-refractivity contribution >= 4 is 11.6 Å². The topological polar surface area (TPSA) is 59.5 Å². The van der Waals surface area contributed by atoms with E-state index in [1.165, 1.54) is 5.69 Å². The highest BCUT2D eigenvalue weighted by Gasteiger charge is 2.36. The average Bonchev–Trinajstić information content (AvgIpc) is 2.89. The summed E-state index contributed by atoms with van der Waals surface area (Å²) in [6.07, 6.45) is 1.47. The zero-order valence-corrected chi connectivity index (χ0v) is 18.3. The second-order valence-electron chi connectivity index (χ2n) is 8.84. The summed E-state index contributed by atoms with van der Waals surface area (Å²) in [5.41, 5.74) is 0.471. The predicted molar refractivity (Wildman–Crippen MR) is 116 cm³/mol. The normalized spacial score (nSPS) is 23.5. The fraction of sp³-hybridized carbons (Fsp3) is 0.682. The van der Waals surface area contributed by atoms with Gasteiger partial charge in [0.1, 0.15) is 5.75 Å². The van der Waals surface area contributed by atoms with Crippen molar-refractivity contribution in [2.24, 2.45) is 5.92 Å². The van der Waals surface area contributed by atoms with E-state index in [9.17, 15) is 9.90 Å². The molecule has 2 saturated heterocycles. The van der Waals surface area contributed by atoms with Gasteiger partial charge in [-0.15, -0.1) is 0 Å². The van der Waals surface area contributed by atoms with E-state index in [0.717, 1.165) is 51.3 Å². The van der Waals surface area contributed by atoms with Gasteiger partial charge in [0.2, 0.25) is 5.91 Å². The number of β-amino-alcohol motifs (C(OH)–C–C–N with tert-alkyl or cyclic N) is 1. The first kappa shape index (κ1) is 21.9. The van der Waals surface area contributed by atoms with Crippen molar-refractivity contribution in [1.29, 1.82) is 0 Å². The number of benzene rings is 1. The quantitative estimate of drug-likeness (QED) is 0.790. The van der Waals surface area contributed by atoms with E-state index in [4.69, 9.17) is 4.74 Å². The number of piperidine rings is 1. The van der Waals surface area contributed by atoms with Gasteiger partial charge in [0.25, 0.3) is 0 Å². The number of hydrogen-bond donors (Lipinski definition) is 1. The molecule has 2 aliphatic heterocycles. The number of nitrogens with zero attached hydrogens (tertiary/aromatic N) is 4. The highest BCUT2D eigenvalue weighted by Crippen LogP contribution is 2.29. The average molecular weight is 405 g/mol. The van der Waals surface area contributed by atoms with Crippen LogP contribution in [0.2, 0.25) is 0 Å². The molecule has 1 atom stereocenters. The molecule has 0 aliphatic carbocycles. The van der Waals surface area contributed by atoms with Crippen LogP contribution in [0.3, 0.4) is 0 Å². The van der Waals surface area contributed by atoms with Gasteiger partial charge in [0.15, 0.2) is 0 Å². The first-order chi connectivity index (χ1) is 13.8. The summed E-state index contributed by atoms with van der Waals surface area (Å²) >= 11 is 0. The molecular weight excluding hydrogens is 368 g/mol. The maximum Gasteiger partial charge on any atom is 0.227 e. The lowest BCUT2D eigenvalue weighted by atomic mass is 9.90. The Morgan fingerprint density at radius 1 is 1.14 bits per heavy atom. The molecule has 162 valence electrons. The van der Waals surface area contributed by atoms with Crippen molar-refractivity contribution in [3.8, 4) is 5.75 Å². The molecule has 1 aromatic carbocycles. The molecule has 1 amide bonds. The SMILES string of the molecule is COc1ccc(N2CCC(O)(CN3CCN(C)C[C@H](C(=O)N(C)C)C3)CC2)cc1. The first-order valence-corrected chi connectivity index (χ1v) is 10.5. The monoisotopic (exact) mass is 404 g/mol. The Bertz CT molecular complexity index is 671. The summed E-state index contributed by atoms with van der Waals surface area (Å²) in [4.78, 5) is 21.1. The van der Waals surface area contributed by atoms with Crippen molar-refractivity contribution in [2.45, 2.75) is 18.4 Å². The maximum atomic E-state index is 12.6. The van der Waals surface area contributed by atoms with E-state index < -0.39 is 5.60 Å². The maximum absolute atomic E-state index is 12.6. The minimum absolute atomic E-state index is 0.0412. The van der Waals surface area contributed by atoms with Crippen LogP contribution in [0.5, 0.6) is 5.75 Å². The lowest BCUT2D eigenvalue weighted by Gasteiger charge is -2.42. The van der Waals surface area contributed by atoms with E-state index >= 15 is 0 Å². The number of anilines is 1. The van der Waals surface area contributed by atoms with Crippen LogP contribution in [0.4, 0.5) is 5.69 Å². The molecule has 0 saturated carbocycles. The standard InChI is InChI=1S/C22H36N4O3/c1-23(2)21(27)18-15-24(3)13-14-25(16-18)17-22(28)9-11-26(12-10-22)19-5-7-20(29-4)8-6-19/h5-8,18,28H,9-17H2,1-4H3/t18-/m0/s1. The van der Waals surface area contributed by atoms with E-state index in [1.807, 2.05) is 26.2 Å². The van der Waals surface area contributed by atoms with Crippen LogP contribution in [0.25, 0.3) is 0 Å². The van der Waals surface area contributed by atoms with Gasteiger partial charge in [-0.1, -0.05) is 0 Å². The molecule has 2 heterocycles. The lowest BCUT2D eigenvalue weighted by molar-refractivity contribution is -0.134. The fourth-order valence-corrected chi connectivity index (χ4v) is 4.45.